The lowest BCUT2D eigenvalue weighted by atomic mass is 10.0. The molecule has 5 nitrogen and oxygen atoms in total. The van der Waals surface area contributed by atoms with Crippen molar-refractivity contribution in [3.05, 3.63) is 24.3 Å². The Morgan fingerprint density at radius 2 is 1.71 bits per heavy atom. The maximum atomic E-state index is 12.2. The number of nitrogens with one attached hydrogen (secondary N) is 1. The fourth-order valence-electron chi connectivity index (χ4n) is 1.57. The molecule has 0 saturated heterocycles. The van der Waals surface area contributed by atoms with Gasteiger partial charge in [-0.2, -0.15) is 0 Å². The van der Waals surface area contributed by atoms with Crippen LogP contribution in [0.2, 0.25) is 0 Å². The average Bonchev–Trinajstić information content (AvgIpc) is 2.43. The van der Waals surface area contributed by atoms with Crippen LogP contribution in [0.4, 0.5) is 0 Å². The van der Waals surface area contributed by atoms with Crippen molar-refractivity contribution >= 4 is 10.0 Å². The predicted molar refractivity (Wildman–Crippen MR) is 83.1 cm³/mol. The molecule has 0 aliphatic rings. The van der Waals surface area contributed by atoms with Crippen LogP contribution in [0.1, 0.15) is 34.1 Å². The SMILES string of the molecule is CCOCCOc1ccc(S(=O)(=O)NC(C)(C)CC)cc1. The van der Waals surface area contributed by atoms with E-state index >= 15 is 0 Å². The minimum atomic E-state index is -3.51. The van der Waals surface area contributed by atoms with E-state index in [0.717, 1.165) is 0 Å². The van der Waals surface area contributed by atoms with E-state index in [1.807, 2.05) is 27.7 Å². The Morgan fingerprint density at radius 3 is 2.24 bits per heavy atom. The summed E-state index contributed by atoms with van der Waals surface area (Å²) in [5.41, 5.74) is -0.467. The van der Waals surface area contributed by atoms with Crippen molar-refractivity contribution in [2.75, 3.05) is 19.8 Å². The van der Waals surface area contributed by atoms with Crippen molar-refractivity contribution < 1.29 is 17.9 Å². The highest BCUT2D eigenvalue weighted by atomic mass is 32.2. The monoisotopic (exact) mass is 315 g/mol. The minimum Gasteiger partial charge on any atom is -0.491 e. The molecule has 0 amide bonds. The molecule has 0 radical (unpaired) electrons. The molecule has 0 spiro atoms. The van der Waals surface area contributed by atoms with Gasteiger partial charge in [-0.05, 0) is 51.5 Å². The van der Waals surface area contributed by atoms with Gasteiger partial charge in [0.25, 0.3) is 0 Å². The third kappa shape index (κ3) is 6.03. The van der Waals surface area contributed by atoms with Crippen LogP contribution in [0, 0.1) is 0 Å². The summed E-state index contributed by atoms with van der Waals surface area (Å²) in [7, 11) is -3.51. The van der Waals surface area contributed by atoms with E-state index in [2.05, 4.69) is 4.72 Å². The Bertz CT molecular complexity index is 523. The lowest BCUT2D eigenvalue weighted by molar-refractivity contribution is 0.110. The van der Waals surface area contributed by atoms with Gasteiger partial charge in [-0.15, -0.1) is 0 Å². The maximum absolute atomic E-state index is 12.2. The molecule has 0 heterocycles. The van der Waals surface area contributed by atoms with Crippen LogP contribution in [0.15, 0.2) is 29.2 Å². The molecule has 1 N–H and O–H groups in total. The summed E-state index contributed by atoms with van der Waals surface area (Å²) in [5.74, 6) is 0.628. The highest BCUT2D eigenvalue weighted by molar-refractivity contribution is 7.89. The lowest BCUT2D eigenvalue weighted by Gasteiger charge is -2.24. The number of rotatable bonds is 9. The number of hydrogen-bond donors (Lipinski definition) is 1. The first-order valence-electron chi connectivity index (χ1n) is 7.15. The third-order valence-electron chi connectivity index (χ3n) is 3.13. The average molecular weight is 315 g/mol. The normalized spacial score (nSPS) is 12.4. The molecule has 0 fully saturated rings. The van der Waals surface area contributed by atoms with Gasteiger partial charge in [0.1, 0.15) is 12.4 Å². The van der Waals surface area contributed by atoms with Crippen LogP contribution < -0.4 is 9.46 Å². The number of benzene rings is 1. The van der Waals surface area contributed by atoms with Crippen molar-refractivity contribution in [3.8, 4) is 5.75 Å². The van der Waals surface area contributed by atoms with Crippen molar-refractivity contribution in [1.29, 1.82) is 0 Å². The Morgan fingerprint density at radius 1 is 1.10 bits per heavy atom. The number of ether oxygens (including phenoxy) is 2. The van der Waals surface area contributed by atoms with Gasteiger partial charge >= 0.3 is 0 Å². The molecule has 21 heavy (non-hydrogen) atoms. The molecule has 1 rings (SSSR count). The quantitative estimate of drug-likeness (QED) is 0.711. The smallest absolute Gasteiger partial charge is 0.241 e. The summed E-state index contributed by atoms with van der Waals surface area (Å²) >= 11 is 0. The summed E-state index contributed by atoms with van der Waals surface area (Å²) in [6.45, 7) is 9.19. The van der Waals surface area contributed by atoms with E-state index in [4.69, 9.17) is 9.47 Å². The second-order valence-corrected chi connectivity index (χ2v) is 7.04. The Labute approximate surface area is 127 Å². The number of hydrogen-bond acceptors (Lipinski definition) is 4. The van der Waals surface area contributed by atoms with Crippen LogP contribution in [-0.4, -0.2) is 33.8 Å². The molecule has 0 atom stereocenters. The van der Waals surface area contributed by atoms with Crippen LogP contribution in [-0.2, 0) is 14.8 Å². The summed E-state index contributed by atoms with van der Waals surface area (Å²) in [6, 6.07) is 6.40. The Hall–Kier alpha value is -1.11. The van der Waals surface area contributed by atoms with Gasteiger partial charge in [0.2, 0.25) is 10.0 Å². The Balaban J connectivity index is 2.68. The van der Waals surface area contributed by atoms with Crippen molar-refractivity contribution in [2.45, 2.75) is 44.6 Å². The van der Waals surface area contributed by atoms with Crippen molar-refractivity contribution in [1.82, 2.24) is 4.72 Å². The zero-order valence-electron chi connectivity index (χ0n) is 13.2. The van der Waals surface area contributed by atoms with Crippen molar-refractivity contribution in [2.24, 2.45) is 0 Å². The van der Waals surface area contributed by atoms with Gasteiger partial charge in [-0.25, -0.2) is 13.1 Å². The first kappa shape index (κ1) is 17.9. The van der Waals surface area contributed by atoms with E-state index in [-0.39, 0.29) is 4.90 Å². The van der Waals surface area contributed by atoms with E-state index < -0.39 is 15.6 Å². The van der Waals surface area contributed by atoms with E-state index in [1.54, 1.807) is 24.3 Å². The fraction of sp³-hybridized carbons (Fsp3) is 0.600. The highest BCUT2D eigenvalue weighted by Gasteiger charge is 2.24. The lowest BCUT2D eigenvalue weighted by Crippen LogP contribution is -2.42. The molecule has 1 aromatic rings. The highest BCUT2D eigenvalue weighted by Crippen LogP contribution is 2.18. The molecule has 0 unspecified atom stereocenters. The van der Waals surface area contributed by atoms with Crippen LogP contribution in [0.5, 0.6) is 5.75 Å². The predicted octanol–water partition coefficient (Wildman–Crippen LogP) is 2.57. The van der Waals surface area contributed by atoms with Gasteiger partial charge in [-0.1, -0.05) is 6.92 Å². The first-order valence-corrected chi connectivity index (χ1v) is 8.63. The van der Waals surface area contributed by atoms with Gasteiger partial charge in [0.15, 0.2) is 0 Å². The summed E-state index contributed by atoms with van der Waals surface area (Å²) in [6.07, 6.45) is 0.713. The molecule has 0 aromatic heterocycles. The standard InChI is InChI=1S/C15H25NO4S/c1-5-15(3,4)16-21(17,18)14-9-7-13(8-10-14)20-12-11-19-6-2/h7-10,16H,5-6,11-12H2,1-4H3. The van der Waals surface area contributed by atoms with Gasteiger partial charge in [0, 0.05) is 12.1 Å². The van der Waals surface area contributed by atoms with Gasteiger partial charge in [0.05, 0.1) is 11.5 Å². The second-order valence-electron chi connectivity index (χ2n) is 5.36. The van der Waals surface area contributed by atoms with Gasteiger partial charge in [-0.3, -0.25) is 0 Å². The maximum Gasteiger partial charge on any atom is 0.241 e. The summed E-state index contributed by atoms with van der Waals surface area (Å²) in [5, 5.41) is 0. The molecule has 0 saturated carbocycles. The van der Waals surface area contributed by atoms with E-state index in [1.165, 1.54) is 0 Å². The third-order valence-corrected chi connectivity index (χ3v) is 4.84. The van der Waals surface area contributed by atoms with Crippen LogP contribution >= 0.6 is 0 Å². The summed E-state index contributed by atoms with van der Waals surface area (Å²) < 4.78 is 37.8. The molecule has 0 aliphatic carbocycles. The van der Waals surface area contributed by atoms with E-state index in [9.17, 15) is 8.42 Å². The molecule has 0 aliphatic heterocycles. The van der Waals surface area contributed by atoms with Crippen LogP contribution in [0.25, 0.3) is 0 Å². The van der Waals surface area contributed by atoms with E-state index in [0.29, 0.717) is 32.0 Å². The summed E-state index contributed by atoms with van der Waals surface area (Å²) in [4.78, 5) is 0.237. The zero-order valence-corrected chi connectivity index (χ0v) is 14.0. The topological polar surface area (TPSA) is 64.6 Å². The van der Waals surface area contributed by atoms with Crippen molar-refractivity contribution in [3.63, 3.8) is 0 Å². The second kappa shape index (κ2) is 7.77. The Kier molecular flexibility index (Phi) is 6.64. The zero-order chi connectivity index (χ0) is 15.9. The molecule has 1 aromatic carbocycles. The molecular weight excluding hydrogens is 290 g/mol. The molecule has 0 bridgehead atoms. The molecular formula is C15H25NO4S. The number of sulfonamides is 1. The molecule has 6 heteroatoms. The minimum absolute atomic E-state index is 0.237. The first-order chi connectivity index (χ1) is 9.80. The van der Waals surface area contributed by atoms with Crippen LogP contribution in [0.3, 0.4) is 0 Å². The fourth-order valence-corrected chi connectivity index (χ4v) is 3.06. The molecule has 120 valence electrons. The largest absolute Gasteiger partial charge is 0.491 e. The van der Waals surface area contributed by atoms with Gasteiger partial charge < -0.3 is 9.47 Å².